The van der Waals surface area contributed by atoms with E-state index < -0.39 is 11.5 Å². The quantitative estimate of drug-likeness (QED) is 0.531. The molecule has 0 saturated carbocycles. The summed E-state index contributed by atoms with van der Waals surface area (Å²) < 4.78 is 5.46. The monoisotopic (exact) mass is 389 g/mol. The van der Waals surface area contributed by atoms with Crippen molar-refractivity contribution in [3.63, 3.8) is 0 Å². The second-order valence-corrected chi connectivity index (χ2v) is 6.69. The van der Waals surface area contributed by atoms with E-state index in [9.17, 15) is 9.59 Å². The predicted molar refractivity (Wildman–Crippen MR) is 111 cm³/mol. The third kappa shape index (κ3) is 3.42. The molecule has 0 fully saturated rings. The van der Waals surface area contributed by atoms with E-state index in [0.717, 1.165) is 11.1 Å². The second-order valence-electron chi connectivity index (χ2n) is 6.28. The van der Waals surface area contributed by atoms with Crippen LogP contribution in [0.4, 0.5) is 0 Å². The number of nitrogens with one attached hydrogen (secondary N) is 1. The summed E-state index contributed by atoms with van der Waals surface area (Å²) in [6.45, 7) is 0.225. The van der Waals surface area contributed by atoms with Crippen LogP contribution in [0.3, 0.4) is 0 Å². The minimum Gasteiger partial charge on any atom is -0.416 e. The summed E-state index contributed by atoms with van der Waals surface area (Å²) in [4.78, 5) is 25.4. The molecule has 1 aromatic heterocycles. The Hall–Kier alpha value is -3.37. The second kappa shape index (κ2) is 7.71. The molecular formula is C23H16ClNO3. The number of carbonyl (C=O) groups excluding carboxylic acids is 1. The van der Waals surface area contributed by atoms with Gasteiger partial charge in [0.1, 0.15) is 0 Å². The fraction of sp³-hybridized carbons (Fsp3) is 0.0435. The number of carbonyl (C=O) groups is 1. The summed E-state index contributed by atoms with van der Waals surface area (Å²) in [5.41, 5.74) is 1.62. The van der Waals surface area contributed by atoms with Crippen LogP contribution < -0.4 is 10.9 Å². The molecule has 0 saturated heterocycles. The van der Waals surface area contributed by atoms with Gasteiger partial charge in [-0.15, -0.1) is 0 Å². The van der Waals surface area contributed by atoms with Crippen molar-refractivity contribution in [3.05, 3.63) is 106 Å². The first kappa shape index (κ1) is 18.0. The lowest BCUT2D eigenvalue weighted by molar-refractivity contribution is 0.0920. The van der Waals surface area contributed by atoms with Crippen LogP contribution in [0.25, 0.3) is 21.9 Å². The standard InChI is InChI=1S/C23H16ClNO3/c24-19-13-7-4-10-16(19)14-25-22(26)21-20(15-8-2-1-3-9-15)17-11-5-6-12-18(17)23(27)28-21/h1-13H,14H2,(H,25,26). The van der Waals surface area contributed by atoms with E-state index >= 15 is 0 Å². The number of rotatable bonds is 4. The van der Waals surface area contributed by atoms with Crippen molar-refractivity contribution in [2.45, 2.75) is 6.54 Å². The van der Waals surface area contributed by atoms with E-state index in [1.54, 1.807) is 18.2 Å². The molecule has 3 aromatic carbocycles. The van der Waals surface area contributed by atoms with Gasteiger partial charge in [-0.1, -0.05) is 78.3 Å². The average molecular weight is 390 g/mol. The van der Waals surface area contributed by atoms with Crippen molar-refractivity contribution < 1.29 is 9.21 Å². The molecule has 0 bridgehead atoms. The van der Waals surface area contributed by atoms with Gasteiger partial charge >= 0.3 is 5.63 Å². The molecule has 0 aliphatic carbocycles. The van der Waals surface area contributed by atoms with Crippen molar-refractivity contribution in [1.29, 1.82) is 0 Å². The SMILES string of the molecule is O=C(NCc1ccccc1Cl)c1oc(=O)c2ccccc2c1-c1ccccc1. The molecule has 0 aliphatic rings. The number of hydrogen-bond donors (Lipinski definition) is 1. The summed E-state index contributed by atoms with van der Waals surface area (Å²) >= 11 is 6.16. The lowest BCUT2D eigenvalue weighted by Crippen LogP contribution is -2.25. The minimum absolute atomic E-state index is 0.0121. The predicted octanol–water partition coefficient (Wildman–Crippen LogP) is 5.04. The van der Waals surface area contributed by atoms with Gasteiger partial charge < -0.3 is 9.73 Å². The highest BCUT2D eigenvalue weighted by molar-refractivity contribution is 6.31. The highest BCUT2D eigenvalue weighted by Gasteiger charge is 2.21. The zero-order valence-electron chi connectivity index (χ0n) is 14.8. The van der Waals surface area contributed by atoms with E-state index in [-0.39, 0.29) is 12.3 Å². The van der Waals surface area contributed by atoms with Crippen LogP contribution >= 0.6 is 11.6 Å². The van der Waals surface area contributed by atoms with Crippen LogP contribution in [0, 0.1) is 0 Å². The maximum Gasteiger partial charge on any atom is 0.344 e. The van der Waals surface area contributed by atoms with E-state index in [1.807, 2.05) is 60.7 Å². The van der Waals surface area contributed by atoms with Gasteiger partial charge in [-0.05, 0) is 23.3 Å². The Balaban J connectivity index is 1.81. The van der Waals surface area contributed by atoms with Crippen LogP contribution in [0.2, 0.25) is 5.02 Å². The maximum atomic E-state index is 12.9. The molecular weight excluding hydrogens is 374 g/mol. The fourth-order valence-electron chi connectivity index (χ4n) is 3.15. The van der Waals surface area contributed by atoms with E-state index in [1.165, 1.54) is 0 Å². The first-order valence-electron chi connectivity index (χ1n) is 8.78. The van der Waals surface area contributed by atoms with E-state index in [0.29, 0.717) is 21.4 Å². The third-order valence-electron chi connectivity index (χ3n) is 4.50. The van der Waals surface area contributed by atoms with Crippen molar-refractivity contribution in [2.24, 2.45) is 0 Å². The summed E-state index contributed by atoms with van der Waals surface area (Å²) in [5, 5.41) is 4.47. The lowest BCUT2D eigenvalue weighted by Gasteiger charge is -2.12. The number of halogens is 1. The van der Waals surface area contributed by atoms with Crippen LogP contribution in [-0.4, -0.2) is 5.91 Å². The van der Waals surface area contributed by atoms with Crippen molar-refractivity contribution in [3.8, 4) is 11.1 Å². The highest BCUT2D eigenvalue weighted by Crippen LogP contribution is 2.30. The minimum atomic E-state index is -0.543. The Morgan fingerprint density at radius 2 is 1.50 bits per heavy atom. The summed E-state index contributed by atoms with van der Waals surface area (Å²) in [6, 6.07) is 23.8. The van der Waals surface area contributed by atoms with Gasteiger partial charge in [-0.3, -0.25) is 4.79 Å². The molecule has 0 aliphatic heterocycles. The Bertz CT molecular complexity index is 1220. The van der Waals surface area contributed by atoms with Crippen LogP contribution in [0.15, 0.2) is 88.1 Å². The van der Waals surface area contributed by atoms with Gasteiger partial charge in [0.15, 0.2) is 0 Å². The Morgan fingerprint density at radius 1 is 0.857 bits per heavy atom. The largest absolute Gasteiger partial charge is 0.416 e. The molecule has 4 rings (SSSR count). The Kier molecular flexibility index (Phi) is 4.96. The lowest BCUT2D eigenvalue weighted by atomic mass is 9.98. The van der Waals surface area contributed by atoms with E-state index in [4.69, 9.17) is 16.0 Å². The molecule has 0 atom stereocenters. The molecule has 28 heavy (non-hydrogen) atoms. The van der Waals surface area contributed by atoms with E-state index in [2.05, 4.69) is 5.32 Å². The van der Waals surface area contributed by atoms with Crippen LogP contribution in [-0.2, 0) is 6.54 Å². The topological polar surface area (TPSA) is 59.3 Å². The maximum absolute atomic E-state index is 12.9. The molecule has 0 radical (unpaired) electrons. The Morgan fingerprint density at radius 3 is 2.25 bits per heavy atom. The molecule has 5 heteroatoms. The number of benzene rings is 3. The first-order chi connectivity index (χ1) is 13.6. The fourth-order valence-corrected chi connectivity index (χ4v) is 3.35. The normalized spacial score (nSPS) is 10.8. The van der Waals surface area contributed by atoms with Crippen LogP contribution in [0.1, 0.15) is 16.1 Å². The molecule has 4 aromatic rings. The molecule has 0 unspecified atom stereocenters. The molecule has 1 N–H and O–H groups in total. The average Bonchev–Trinajstić information content (AvgIpc) is 2.73. The summed E-state index contributed by atoms with van der Waals surface area (Å²) in [5.74, 6) is -0.483. The third-order valence-corrected chi connectivity index (χ3v) is 4.87. The smallest absolute Gasteiger partial charge is 0.344 e. The van der Waals surface area contributed by atoms with Crippen molar-refractivity contribution >= 4 is 28.3 Å². The number of amides is 1. The van der Waals surface area contributed by atoms with Gasteiger partial charge in [0.05, 0.1) is 5.39 Å². The van der Waals surface area contributed by atoms with Gasteiger partial charge in [0.2, 0.25) is 5.76 Å². The molecule has 4 nitrogen and oxygen atoms in total. The van der Waals surface area contributed by atoms with Crippen molar-refractivity contribution in [2.75, 3.05) is 0 Å². The van der Waals surface area contributed by atoms with Crippen LogP contribution in [0.5, 0.6) is 0 Å². The molecule has 1 heterocycles. The zero-order chi connectivity index (χ0) is 19.5. The van der Waals surface area contributed by atoms with Gasteiger partial charge in [0, 0.05) is 22.5 Å². The number of fused-ring (bicyclic) bond motifs is 1. The van der Waals surface area contributed by atoms with Gasteiger partial charge in [-0.25, -0.2) is 4.79 Å². The molecule has 0 spiro atoms. The summed E-state index contributed by atoms with van der Waals surface area (Å²) in [7, 11) is 0. The van der Waals surface area contributed by atoms with Crippen molar-refractivity contribution in [1.82, 2.24) is 5.32 Å². The Labute approximate surface area is 166 Å². The van der Waals surface area contributed by atoms with Gasteiger partial charge in [-0.2, -0.15) is 0 Å². The zero-order valence-corrected chi connectivity index (χ0v) is 15.6. The molecule has 138 valence electrons. The number of hydrogen-bond acceptors (Lipinski definition) is 3. The summed E-state index contributed by atoms with van der Waals surface area (Å²) in [6.07, 6.45) is 0. The first-order valence-corrected chi connectivity index (χ1v) is 9.16. The highest BCUT2D eigenvalue weighted by atomic mass is 35.5. The molecule has 1 amide bonds. The van der Waals surface area contributed by atoms with Gasteiger partial charge in [0.25, 0.3) is 5.91 Å².